The Bertz CT molecular complexity index is 937. The molecule has 1 aromatic rings. The highest BCUT2D eigenvalue weighted by Crippen LogP contribution is 2.63. The highest BCUT2D eigenvalue weighted by molar-refractivity contribution is 7.88. The summed E-state index contributed by atoms with van der Waals surface area (Å²) >= 11 is 0. The monoisotopic (exact) mass is 406 g/mol. The van der Waals surface area contributed by atoms with Gasteiger partial charge in [0.2, 0.25) is 0 Å². The summed E-state index contributed by atoms with van der Waals surface area (Å²) in [5, 5.41) is 1.79. The molecule has 4 aliphatic rings. The van der Waals surface area contributed by atoms with Crippen molar-refractivity contribution >= 4 is 16.6 Å². The third-order valence-electron chi connectivity index (χ3n) is 8.40. The van der Waals surface area contributed by atoms with Crippen LogP contribution in [0.1, 0.15) is 58.3 Å². The van der Waals surface area contributed by atoms with Crippen molar-refractivity contribution < 1.29 is 9.00 Å². The van der Waals surface area contributed by atoms with E-state index in [1.54, 1.807) is 5.41 Å². The van der Waals surface area contributed by atoms with Crippen LogP contribution in [0.4, 0.5) is 0 Å². The van der Waals surface area contributed by atoms with Crippen molar-refractivity contribution in [3.05, 3.63) is 58.7 Å². The van der Waals surface area contributed by atoms with Crippen LogP contribution in [0.25, 0.3) is 0 Å². The molecular formula is C26H30O2S. The first-order chi connectivity index (χ1) is 14.1. The van der Waals surface area contributed by atoms with Crippen LogP contribution in [0, 0.1) is 29.1 Å². The summed E-state index contributed by atoms with van der Waals surface area (Å²) < 4.78 is 12.6. The zero-order valence-corrected chi connectivity index (χ0v) is 18.0. The van der Waals surface area contributed by atoms with Gasteiger partial charge >= 0.3 is 0 Å². The third kappa shape index (κ3) is 3.33. The molecule has 0 aromatic heterocycles. The zero-order chi connectivity index (χ0) is 20.0. The van der Waals surface area contributed by atoms with Crippen molar-refractivity contribution in [1.82, 2.24) is 0 Å². The summed E-state index contributed by atoms with van der Waals surface area (Å²) in [6, 6.07) is 9.67. The van der Waals surface area contributed by atoms with Gasteiger partial charge in [0.15, 0.2) is 5.78 Å². The maximum atomic E-state index is 12.6. The van der Waals surface area contributed by atoms with Gasteiger partial charge in [0.25, 0.3) is 0 Å². The summed E-state index contributed by atoms with van der Waals surface area (Å²) in [7, 11) is -1.12. The van der Waals surface area contributed by atoms with Gasteiger partial charge in [-0.1, -0.05) is 30.7 Å². The van der Waals surface area contributed by atoms with Crippen LogP contribution in [0.5, 0.6) is 0 Å². The molecule has 0 N–H and O–H groups in total. The molecule has 0 amide bonds. The van der Waals surface area contributed by atoms with Crippen molar-refractivity contribution in [3.63, 3.8) is 0 Å². The first kappa shape index (κ1) is 19.3. The van der Waals surface area contributed by atoms with Crippen molar-refractivity contribution in [2.45, 2.75) is 63.2 Å². The number of carbonyl (C=O) groups is 1. The van der Waals surface area contributed by atoms with E-state index >= 15 is 0 Å². The average Bonchev–Trinajstić information content (AvgIpc) is 3.08. The SMILES string of the molecule is CC12CCC3C4CCC(=O)C=C4CCC3C1CCC2=C=CS(=O)c1ccccc1. The van der Waals surface area contributed by atoms with Gasteiger partial charge in [0.05, 0.1) is 10.8 Å². The first-order valence-corrected chi connectivity index (χ1v) is 12.4. The van der Waals surface area contributed by atoms with E-state index in [0.29, 0.717) is 11.7 Å². The van der Waals surface area contributed by atoms with Gasteiger partial charge in [-0.3, -0.25) is 4.79 Å². The molecule has 0 heterocycles. The predicted molar refractivity (Wildman–Crippen MR) is 117 cm³/mol. The number of allylic oxidation sites excluding steroid dienone is 2. The molecule has 152 valence electrons. The molecule has 3 fully saturated rings. The van der Waals surface area contributed by atoms with E-state index in [9.17, 15) is 9.00 Å². The van der Waals surface area contributed by atoms with Crippen molar-refractivity contribution in [3.8, 4) is 0 Å². The molecule has 3 saturated carbocycles. The van der Waals surface area contributed by atoms with Gasteiger partial charge in [-0.05, 0) is 97.8 Å². The van der Waals surface area contributed by atoms with Gasteiger partial charge < -0.3 is 0 Å². The molecule has 6 atom stereocenters. The zero-order valence-electron chi connectivity index (χ0n) is 17.2. The lowest BCUT2D eigenvalue weighted by atomic mass is 9.52. The van der Waals surface area contributed by atoms with Gasteiger partial charge in [0.1, 0.15) is 0 Å². The van der Waals surface area contributed by atoms with E-state index in [-0.39, 0.29) is 5.41 Å². The lowest BCUT2D eigenvalue weighted by molar-refractivity contribution is -0.115. The van der Waals surface area contributed by atoms with Crippen LogP contribution >= 0.6 is 0 Å². The lowest BCUT2D eigenvalue weighted by Crippen LogP contribution is -2.45. The molecule has 6 unspecified atom stereocenters. The van der Waals surface area contributed by atoms with E-state index < -0.39 is 10.8 Å². The van der Waals surface area contributed by atoms with E-state index in [4.69, 9.17) is 0 Å². The number of rotatable bonds is 2. The molecule has 0 bridgehead atoms. The first-order valence-electron chi connectivity index (χ1n) is 11.2. The fourth-order valence-electron chi connectivity index (χ4n) is 6.98. The Kier molecular flexibility index (Phi) is 5.00. The normalized spacial score (nSPS) is 36.9. The summed E-state index contributed by atoms with van der Waals surface area (Å²) in [5.74, 6) is 3.27. The molecule has 0 radical (unpaired) electrons. The second-order valence-corrected chi connectivity index (χ2v) is 11.0. The highest BCUT2D eigenvalue weighted by atomic mass is 32.2. The minimum absolute atomic E-state index is 0.213. The van der Waals surface area contributed by atoms with E-state index in [2.05, 4.69) is 12.7 Å². The van der Waals surface area contributed by atoms with Crippen LogP contribution in [0.15, 0.2) is 63.6 Å². The Hall–Kier alpha value is -1.70. The van der Waals surface area contributed by atoms with E-state index in [1.807, 2.05) is 36.4 Å². The highest BCUT2D eigenvalue weighted by Gasteiger charge is 2.54. The Morgan fingerprint density at radius 1 is 1.03 bits per heavy atom. The molecular weight excluding hydrogens is 376 g/mol. The summed E-state index contributed by atoms with van der Waals surface area (Å²) in [6.07, 6.45) is 11.0. The number of hydrogen-bond donors (Lipinski definition) is 0. The Morgan fingerprint density at radius 2 is 1.86 bits per heavy atom. The second-order valence-electron chi connectivity index (χ2n) is 9.65. The quantitative estimate of drug-likeness (QED) is 0.567. The van der Waals surface area contributed by atoms with Gasteiger partial charge in [-0.15, -0.1) is 5.73 Å². The molecule has 4 aliphatic carbocycles. The molecule has 1 aromatic carbocycles. The predicted octanol–water partition coefficient (Wildman–Crippen LogP) is 5.98. The lowest BCUT2D eigenvalue weighted by Gasteiger charge is -2.52. The van der Waals surface area contributed by atoms with E-state index in [0.717, 1.165) is 48.3 Å². The summed E-state index contributed by atoms with van der Waals surface area (Å²) in [6.45, 7) is 2.44. The fraction of sp³-hybridized carbons (Fsp3) is 0.538. The largest absolute Gasteiger partial charge is 0.295 e. The third-order valence-corrected chi connectivity index (χ3v) is 9.47. The molecule has 29 heavy (non-hydrogen) atoms. The molecule has 2 nitrogen and oxygen atoms in total. The average molecular weight is 407 g/mol. The van der Waals surface area contributed by atoms with Crippen LogP contribution in [-0.4, -0.2) is 9.99 Å². The van der Waals surface area contributed by atoms with Gasteiger partial charge in [0, 0.05) is 16.7 Å². The number of ketones is 1. The molecule has 5 rings (SSSR count). The Morgan fingerprint density at radius 3 is 2.69 bits per heavy atom. The maximum Gasteiger partial charge on any atom is 0.155 e. The number of carbonyl (C=O) groups excluding carboxylic acids is 1. The van der Waals surface area contributed by atoms with Crippen LogP contribution in [0.3, 0.4) is 0 Å². The Labute approximate surface area is 176 Å². The molecule has 0 spiro atoms. The Balaban J connectivity index is 1.39. The molecule has 0 saturated heterocycles. The molecule has 0 aliphatic heterocycles. The minimum atomic E-state index is -1.12. The minimum Gasteiger partial charge on any atom is -0.295 e. The van der Waals surface area contributed by atoms with Crippen LogP contribution in [-0.2, 0) is 15.6 Å². The summed E-state index contributed by atoms with van der Waals surface area (Å²) in [5.41, 5.74) is 6.58. The van der Waals surface area contributed by atoms with Crippen molar-refractivity contribution in [1.29, 1.82) is 0 Å². The summed E-state index contributed by atoms with van der Waals surface area (Å²) in [4.78, 5) is 12.7. The van der Waals surface area contributed by atoms with Crippen molar-refractivity contribution in [2.75, 3.05) is 0 Å². The number of hydrogen-bond acceptors (Lipinski definition) is 2. The fourth-order valence-corrected chi connectivity index (χ4v) is 7.79. The number of fused-ring (bicyclic) bond motifs is 5. The van der Waals surface area contributed by atoms with Gasteiger partial charge in [-0.25, -0.2) is 4.21 Å². The van der Waals surface area contributed by atoms with Gasteiger partial charge in [-0.2, -0.15) is 0 Å². The number of benzene rings is 1. The maximum absolute atomic E-state index is 12.6. The van der Waals surface area contributed by atoms with Crippen LogP contribution in [0.2, 0.25) is 0 Å². The van der Waals surface area contributed by atoms with E-state index in [1.165, 1.54) is 36.8 Å². The van der Waals surface area contributed by atoms with Crippen molar-refractivity contribution in [2.24, 2.45) is 29.1 Å². The smallest absolute Gasteiger partial charge is 0.155 e. The topological polar surface area (TPSA) is 34.1 Å². The molecule has 3 heteroatoms. The standard InChI is InChI=1S/C26H30O2S/c1-26-15-13-23-22-11-9-20(27)17-18(22)7-10-24(23)25(26)12-8-19(26)14-16-29(28)21-5-3-2-4-6-21/h2-6,16-17,22-25H,7-13,15H2,1H3. The second kappa shape index (κ2) is 7.52. The van der Waals surface area contributed by atoms with Crippen LogP contribution < -0.4 is 0 Å².